The lowest BCUT2D eigenvalue weighted by atomic mass is 10.3. The molecule has 0 amide bonds. The normalized spacial score (nSPS) is 10.4. The summed E-state index contributed by atoms with van der Waals surface area (Å²) in [4.78, 5) is 4.43. The first kappa shape index (κ1) is 9.75. The van der Waals surface area contributed by atoms with Gasteiger partial charge in [0.15, 0.2) is 0 Å². The molecule has 1 heterocycles. The van der Waals surface area contributed by atoms with Crippen molar-refractivity contribution in [2.45, 2.75) is 13.0 Å². The van der Waals surface area contributed by atoms with Crippen molar-refractivity contribution < 1.29 is 5.11 Å². The summed E-state index contributed by atoms with van der Waals surface area (Å²) in [5.74, 6) is 3.45. The maximum absolute atomic E-state index is 8.93. The van der Waals surface area contributed by atoms with Crippen molar-refractivity contribution in [3.63, 3.8) is 0 Å². The van der Waals surface area contributed by atoms with Crippen molar-refractivity contribution in [1.29, 1.82) is 0 Å². The Hall–Kier alpha value is -1.79. The van der Waals surface area contributed by atoms with Crippen LogP contribution in [0.15, 0.2) is 24.3 Å². The van der Waals surface area contributed by atoms with E-state index in [1.54, 1.807) is 0 Å². The zero-order valence-electron chi connectivity index (χ0n) is 8.35. The summed E-state index contributed by atoms with van der Waals surface area (Å²) in [6.45, 7) is 0.587. The molecule has 0 aliphatic heterocycles. The smallest absolute Gasteiger partial charge is 0.113 e. The van der Waals surface area contributed by atoms with E-state index in [2.05, 4.69) is 10.9 Å². The van der Waals surface area contributed by atoms with Crippen LogP contribution < -0.4 is 0 Å². The summed E-state index contributed by atoms with van der Waals surface area (Å²) in [7, 11) is 0. The average Bonchev–Trinajstić information content (AvgIpc) is 2.59. The van der Waals surface area contributed by atoms with E-state index in [0.29, 0.717) is 13.0 Å². The summed E-state index contributed by atoms with van der Waals surface area (Å²) in [5, 5.41) is 8.93. The maximum Gasteiger partial charge on any atom is 0.113 e. The molecule has 0 atom stereocenters. The van der Waals surface area contributed by atoms with Crippen LogP contribution in [0.5, 0.6) is 0 Å². The number of hydrogen-bond donors (Lipinski definition) is 1. The maximum atomic E-state index is 8.93. The number of fused-ring (bicyclic) bond motifs is 1. The Morgan fingerprint density at radius 2 is 2.20 bits per heavy atom. The van der Waals surface area contributed by atoms with E-state index >= 15 is 0 Å². The van der Waals surface area contributed by atoms with Crippen LogP contribution in [-0.2, 0) is 13.0 Å². The van der Waals surface area contributed by atoms with E-state index in [1.165, 1.54) is 0 Å². The second-order valence-corrected chi connectivity index (χ2v) is 3.28. The molecule has 0 saturated heterocycles. The highest BCUT2D eigenvalue weighted by molar-refractivity contribution is 5.76. The summed E-state index contributed by atoms with van der Waals surface area (Å²) < 4.78 is 1.96. The van der Waals surface area contributed by atoms with E-state index in [1.807, 2.05) is 28.8 Å². The molecule has 0 aliphatic rings. The Balaban J connectivity index is 2.59. The van der Waals surface area contributed by atoms with Gasteiger partial charge in [-0.15, -0.1) is 6.42 Å². The molecule has 0 spiro atoms. The first-order valence-corrected chi connectivity index (χ1v) is 4.85. The van der Waals surface area contributed by atoms with Gasteiger partial charge in [0, 0.05) is 6.42 Å². The minimum atomic E-state index is 0.0912. The third-order valence-corrected chi connectivity index (χ3v) is 2.32. The predicted octanol–water partition coefficient (Wildman–Crippen LogP) is 1.20. The fraction of sp³-hybridized carbons (Fsp3) is 0.250. The second kappa shape index (κ2) is 4.16. The molecular weight excluding hydrogens is 188 g/mol. The fourth-order valence-electron chi connectivity index (χ4n) is 1.68. The first-order valence-electron chi connectivity index (χ1n) is 4.85. The molecule has 1 aromatic carbocycles. The van der Waals surface area contributed by atoms with Gasteiger partial charge in [-0.25, -0.2) is 4.98 Å². The van der Waals surface area contributed by atoms with Crippen LogP contribution in [0.2, 0.25) is 0 Å². The summed E-state index contributed by atoms with van der Waals surface area (Å²) in [5.41, 5.74) is 1.95. The average molecular weight is 200 g/mol. The van der Waals surface area contributed by atoms with Crippen LogP contribution in [0.4, 0.5) is 0 Å². The fourth-order valence-corrected chi connectivity index (χ4v) is 1.68. The molecule has 0 saturated carbocycles. The number of rotatable bonds is 3. The molecule has 0 bridgehead atoms. The molecular formula is C12H12N2O. The summed E-state index contributed by atoms with van der Waals surface area (Å²) in [6.07, 6.45) is 5.85. The zero-order valence-corrected chi connectivity index (χ0v) is 8.35. The number of nitrogens with zero attached hydrogens (tertiary/aromatic N) is 2. The molecule has 0 unspecified atom stereocenters. The molecule has 0 radical (unpaired) electrons. The lowest BCUT2D eigenvalue weighted by Gasteiger charge is -2.03. The number of terminal acetylenes is 1. The van der Waals surface area contributed by atoms with Crippen molar-refractivity contribution in [1.82, 2.24) is 9.55 Å². The molecule has 15 heavy (non-hydrogen) atoms. The van der Waals surface area contributed by atoms with Crippen LogP contribution in [0.3, 0.4) is 0 Å². The SMILES string of the molecule is C#CCn1c(CCO)nc2ccccc21. The number of benzene rings is 1. The number of para-hydroxylation sites is 2. The van der Waals surface area contributed by atoms with Gasteiger partial charge in [0.2, 0.25) is 0 Å². The van der Waals surface area contributed by atoms with E-state index in [4.69, 9.17) is 11.5 Å². The number of hydrogen-bond acceptors (Lipinski definition) is 2. The Bertz CT molecular complexity index is 508. The van der Waals surface area contributed by atoms with Crippen LogP contribution in [0, 0.1) is 12.3 Å². The van der Waals surface area contributed by atoms with Crippen molar-refractivity contribution in [2.75, 3.05) is 6.61 Å². The van der Waals surface area contributed by atoms with Gasteiger partial charge in [-0.05, 0) is 12.1 Å². The highest BCUT2D eigenvalue weighted by atomic mass is 16.3. The molecule has 3 heteroatoms. The quantitative estimate of drug-likeness (QED) is 0.756. The van der Waals surface area contributed by atoms with Crippen LogP contribution in [-0.4, -0.2) is 21.3 Å². The van der Waals surface area contributed by atoms with E-state index in [9.17, 15) is 0 Å². The summed E-state index contributed by atoms with van der Waals surface area (Å²) >= 11 is 0. The Morgan fingerprint density at radius 1 is 1.40 bits per heavy atom. The lowest BCUT2D eigenvalue weighted by Crippen LogP contribution is -2.04. The molecule has 2 rings (SSSR count). The van der Waals surface area contributed by atoms with Crippen molar-refractivity contribution >= 4 is 11.0 Å². The highest BCUT2D eigenvalue weighted by Crippen LogP contribution is 2.15. The topological polar surface area (TPSA) is 38.0 Å². The van der Waals surface area contributed by atoms with Gasteiger partial charge >= 0.3 is 0 Å². The van der Waals surface area contributed by atoms with Crippen molar-refractivity contribution in [3.8, 4) is 12.3 Å². The Morgan fingerprint density at radius 3 is 2.93 bits per heavy atom. The van der Waals surface area contributed by atoms with Crippen LogP contribution in [0.25, 0.3) is 11.0 Å². The second-order valence-electron chi connectivity index (χ2n) is 3.28. The zero-order chi connectivity index (χ0) is 10.7. The monoisotopic (exact) mass is 200 g/mol. The number of aliphatic hydroxyl groups is 1. The van der Waals surface area contributed by atoms with Crippen molar-refractivity contribution in [2.24, 2.45) is 0 Å². The Kier molecular flexibility index (Phi) is 2.70. The first-order chi connectivity index (χ1) is 7.36. The number of imidazole rings is 1. The Labute approximate surface area is 88.4 Å². The molecule has 3 nitrogen and oxygen atoms in total. The number of aromatic nitrogens is 2. The van der Waals surface area contributed by atoms with Crippen molar-refractivity contribution in [3.05, 3.63) is 30.1 Å². The van der Waals surface area contributed by atoms with Crippen LogP contribution >= 0.6 is 0 Å². The van der Waals surface area contributed by atoms with E-state index in [0.717, 1.165) is 16.9 Å². The van der Waals surface area contributed by atoms with Gasteiger partial charge in [-0.2, -0.15) is 0 Å². The molecule has 0 fully saturated rings. The van der Waals surface area contributed by atoms with Gasteiger partial charge in [0.1, 0.15) is 5.82 Å². The molecule has 2 aromatic rings. The van der Waals surface area contributed by atoms with Gasteiger partial charge < -0.3 is 9.67 Å². The standard InChI is InChI=1S/C12H12N2O/c1-2-8-14-11-6-4-3-5-10(11)13-12(14)7-9-15/h1,3-6,15H,7-9H2. The third kappa shape index (κ3) is 1.72. The number of aliphatic hydroxyl groups excluding tert-OH is 1. The third-order valence-electron chi connectivity index (χ3n) is 2.32. The van der Waals surface area contributed by atoms with E-state index in [-0.39, 0.29) is 6.61 Å². The molecule has 76 valence electrons. The minimum Gasteiger partial charge on any atom is -0.396 e. The molecule has 0 aliphatic carbocycles. The van der Waals surface area contributed by atoms with Gasteiger partial charge in [-0.1, -0.05) is 18.1 Å². The predicted molar refractivity (Wildman–Crippen MR) is 59.4 cm³/mol. The minimum absolute atomic E-state index is 0.0912. The van der Waals surface area contributed by atoms with Gasteiger partial charge in [0.25, 0.3) is 0 Å². The molecule has 1 N–H and O–H groups in total. The molecule has 1 aromatic heterocycles. The van der Waals surface area contributed by atoms with Gasteiger partial charge in [0.05, 0.1) is 24.2 Å². The summed E-state index contributed by atoms with van der Waals surface area (Å²) in [6, 6.07) is 7.84. The van der Waals surface area contributed by atoms with E-state index < -0.39 is 0 Å². The van der Waals surface area contributed by atoms with Crippen LogP contribution in [0.1, 0.15) is 5.82 Å². The highest BCUT2D eigenvalue weighted by Gasteiger charge is 2.07. The lowest BCUT2D eigenvalue weighted by molar-refractivity contribution is 0.295. The largest absolute Gasteiger partial charge is 0.396 e. The van der Waals surface area contributed by atoms with Gasteiger partial charge in [-0.3, -0.25) is 0 Å².